The third-order valence-corrected chi connectivity index (χ3v) is 15.3. The van der Waals surface area contributed by atoms with Gasteiger partial charge in [0.1, 0.15) is 12.4 Å². The smallest absolute Gasteiger partial charge is 0.261 e. The second kappa shape index (κ2) is 52.9. The Morgan fingerprint density at radius 3 is 1.20 bits per heavy atom. The average Bonchev–Trinajstić information content (AvgIpc) is 1.75. The molecule has 12 heteroatoms. The van der Waals surface area contributed by atoms with Crippen molar-refractivity contribution in [1.82, 2.24) is 19.0 Å². The lowest BCUT2D eigenvalue weighted by molar-refractivity contribution is -0.117. The van der Waals surface area contributed by atoms with Gasteiger partial charge in [-0.3, -0.25) is 23.7 Å². The van der Waals surface area contributed by atoms with Crippen molar-refractivity contribution in [1.29, 1.82) is 0 Å². The number of benzene rings is 6. The molecule has 0 saturated heterocycles. The van der Waals surface area contributed by atoms with Crippen molar-refractivity contribution >= 4 is 39.8 Å². The zero-order valence-corrected chi connectivity index (χ0v) is 77.8. The second-order valence-electron chi connectivity index (χ2n) is 34.7. The van der Waals surface area contributed by atoms with Crippen LogP contribution in [0.25, 0.3) is 10.9 Å². The molecule has 2 amide bonds. The molecule has 12 nitrogen and oxygen atoms in total. The summed E-state index contributed by atoms with van der Waals surface area (Å²) >= 11 is 0. The van der Waals surface area contributed by atoms with Crippen LogP contribution in [0, 0.1) is 16.2 Å². The number of carbonyl (C=O) groups excluding carboxylic acids is 2. The van der Waals surface area contributed by atoms with E-state index in [9.17, 15) is 19.2 Å². The van der Waals surface area contributed by atoms with E-state index in [0.29, 0.717) is 28.1 Å². The van der Waals surface area contributed by atoms with E-state index >= 15 is 0 Å². The van der Waals surface area contributed by atoms with Crippen molar-refractivity contribution in [2.24, 2.45) is 16.2 Å². The number of aromatic nitrogens is 3. The number of hydrogen-bond donors (Lipinski definition) is 0. The largest absolute Gasteiger partial charge is 0.490 e. The molecule has 0 N–H and O–H groups in total. The molecule has 6 aromatic carbocycles. The number of nitrogens with zero attached hydrogens (tertiary/aromatic N) is 7. The van der Waals surface area contributed by atoms with E-state index in [2.05, 4.69) is 201 Å². The molecule has 0 unspecified atom stereocenters. The van der Waals surface area contributed by atoms with Crippen LogP contribution >= 0.6 is 0 Å². The van der Waals surface area contributed by atoms with Gasteiger partial charge in [-0.1, -0.05) is 275 Å². The minimum absolute atomic E-state index is 0.0214. The molecule has 13 rings (SSSR count). The van der Waals surface area contributed by atoms with Crippen molar-refractivity contribution in [3.05, 3.63) is 230 Å². The molecule has 111 heavy (non-hydrogen) atoms. The van der Waals surface area contributed by atoms with Gasteiger partial charge in [0.15, 0.2) is 0 Å². The van der Waals surface area contributed by atoms with Crippen LogP contribution in [-0.4, -0.2) is 75.7 Å². The van der Waals surface area contributed by atoms with Gasteiger partial charge >= 0.3 is 0 Å². The van der Waals surface area contributed by atoms with Crippen molar-refractivity contribution in [3.8, 4) is 5.75 Å². The van der Waals surface area contributed by atoms with E-state index in [1.54, 1.807) is 43.6 Å². The van der Waals surface area contributed by atoms with E-state index in [1.165, 1.54) is 49.2 Å². The van der Waals surface area contributed by atoms with Gasteiger partial charge in [-0.25, -0.2) is 4.98 Å². The number of carbonyl (C=O) groups is 2. The Balaban J connectivity index is -0.00000117. The standard InChI is InChI=1S/C12H14N2O.C12H15NO.C12H17N.C9H11NO.C9H9NO.C9H13NO.C9H10.3C5H12.6C2H6/c1-12(2,3)14-8-13-10-7-5-4-6-9(10)11(14)15;1-12(2,3)13-8-9-6-4-5-7-10(9)11(13)14;1-12(2,3)13-9-8-10-6-4-5-7-11(10)13;1-10-6-7-11-9-5-3-2-4-8(9)10;1-10-8-5-3-2-4-7(8)6-9(10)11;1-9(2,3)10-7-5-4-6-8(10)11;1-2-5-9-7-3-6-8(9)4-1;3*1-5(2,3)4;6*1-2/h4-8H,1-3H3;4-7H,8H2,1-3H3;4-7H,8-9H2,1-3H3;2-5H,6-7H2,1H3;2-5H,6H2,1H3;4-7H,1-3H3;1-2,4-5H,3,6-7H2;3*1-4H3;6*1-2H3. The fourth-order valence-corrected chi connectivity index (χ4v) is 10.6. The fourth-order valence-electron chi connectivity index (χ4n) is 10.6. The number of likely N-dealkylation sites (N-methyl/N-ethyl adjacent to an activating group) is 2. The lowest BCUT2D eigenvalue weighted by atomic mass is 10.0. The highest BCUT2D eigenvalue weighted by Gasteiger charge is 2.34. The van der Waals surface area contributed by atoms with Gasteiger partial charge in [-0.15, -0.1) is 0 Å². The van der Waals surface area contributed by atoms with Crippen LogP contribution in [0.2, 0.25) is 0 Å². The summed E-state index contributed by atoms with van der Waals surface area (Å²) in [6.07, 6.45) is 9.15. The molecule has 622 valence electrons. The van der Waals surface area contributed by atoms with Crippen LogP contribution in [0.4, 0.5) is 17.1 Å². The van der Waals surface area contributed by atoms with Gasteiger partial charge in [0.2, 0.25) is 5.91 Å². The maximum atomic E-state index is 12.1. The van der Waals surface area contributed by atoms with Crippen LogP contribution < -0.4 is 30.6 Å². The third-order valence-electron chi connectivity index (χ3n) is 15.3. The number of amides is 2. The molecular formula is C99H161N7O5. The first-order chi connectivity index (χ1) is 51.7. The lowest BCUT2D eigenvalue weighted by Gasteiger charge is -2.34. The molecule has 0 bridgehead atoms. The van der Waals surface area contributed by atoms with Crippen LogP contribution in [-0.2, 0) is 48.1 Å². The summed E-state index contributed by atoms with van der Waals surface area (Å²) in [5.41, 5.74) is 13.6. The van der Waals surface area contributed by atoms with Crippen molar-refractivity contribution in [3.63, 3.8) is 0 Å². The van der Waals surface area contributed by atoms with Gasteiger partial charge in [0.05, 0.1) is 35.9 Å². The van der Waals surface area contributed by atoms with Gasteiger partial charge in [0.25, 0.3) is 17.0 Å². The molecule has 6 heterocycles. The summed E-state index contributed by atoms with van der Waals surface area (Å²) in [7, 11) is 3.90. The summed E-state index contributed by atoms with van der Waals surface area (Å²) in [5.74, 6) is 1.35. The predicted octanol–water partition coefficient (Wildman–Crippen LogP) is 26.3. The molecule has 5 aliphatic rings. The number of para-hydroxylation sites is 5. The van der Waals surface area contributed by atoms with Crippen molar-refractivity contribution in [2.75, 3.05) is 48.5 Å². The van der Waals surface area contributed by atoms with Gasteiger partial charge in [-0.05, 0) is 201 Å². The molecule has 1 aliphatic carbocycles. The van der Waals surface area contributed by atoms with E-state index in [0.717, 1.165) is 53.3 Å². The van der Waals surface area contributed by atoms with E-state index in [-0.39, 0.29) is 45.1 Å². The van der Waals surface area contributed by atoms with E-state index in [1.807, 2.05) is 240 Å². The maximum Gasteiger partial charge on any atom is 0.261 e. The summed E-state index contributed by atoms with van der Waals surface area (Å²) in [4.78, 5) is 59.0. The average molecular weight is 1530 g/mol. The van der Waals surface area contributed by atoms with Crippen LogP contribution in [0.1, 0.15) is 294 Å². The Morgan fingerprint density at radius 1 is 0.369 bits per heavy atom. The van der Waals surface area contributed by atoms with Gasteiger partial charge in [0, 0.05) is 78.5 Å². The molecule has 0 spiro atoms. The van der Waals surface area contributed by atoms with Crippen LogP contribution in [0.15, 0.2) is 186 Å². The molecule has 0 saturated carbocycles. The Labute approximate surface area is 680 Å². The Morgan fingerprint density at radius 2 is 0.766 bits per heavy atom. The van der Waals surface area contributed by atoms with Crippen molar-refractivity contribution in [2.45, 2.75) is 310 Å². The summed E-state index contributed by atoms with van der Waals surface area (Å²) in [6.45, 7) is 79.0. The van der Waals surface area contributed by atoms with Gasteiger partial charge in [-0.2, -0.15) is 0 Å². The minimum Gasteiger partial charge on any atom is -0.490 e. The number of ether oxygens (including phenoxy) is 1. The zero-order chi connectivity index (χ0) is 86.5. The molecule has 2 aromatic heterocycles. The molecule has 0 atom stereocenters. The first kappa shape index (κ1) is 107. The number of hydrogen-bond acceptors (Lipinski definition) is 8. The monoisotopic (exact) mass is 1530 g/mol. The lowest BCUT2D eigenvalue weighted by Crippen LogP contribution is -2.41. The predicted molar refractivity (Wildman–Crippen MR) is 491 cm³/mol. The zero-order valence-electron chi connectivity index (χ0n) is 77.8. The fraction of sp³-hybridized carbons (Fsp3) is 0.545. The third kappa shape index (κ3) is 42.3. The Bertz CT molecular complexity index is 3870. The molecular weight excluding hydrogens is 1370 g/mol. The quantitative estimate of drug-likeness (QED) is 0.148. The highest BCUT2D eigenvalue weighted by Crippen LogP contribution is 2.34. The first-order valence-corrected chi connectivity index (χ1v) is 41.5. The second-order valence-corrected chi connectivity index (χ2v) is 34.7. The Hall–Kier alpha value is -8.25. The van der Waals surface area contributed by atoms with Crippen molar-refractivity contribution < 1.29 is 14.3 Å². The summed E-state index contributed by atoms with van der Waals surface area (Å²) in [5, 5.41) is 0.676. The first-order valence-electron chi connectivity index (χ1n) is 41.5. The van der Waals surface area contributed by atoms with E-state index < -0.39 is 0 Å². The molecule has 0 radical (unpaired) electrons. The topological polar surface area (TPSA) is 113 Å². The molecule has 0 fully saturated rings. The number of rotatable bonds is 0. The molecule has 8 aromatic rings. The summed E-state index contributed by atoms with van der Waals surface area (Å²) in [6, 6.07) is 53.9. The minimum atomic E-state index is -0.228. The normalized spacial score (nSPS) is 12.9. The molecule has 4 aliphatic heterocycles. The number of fused-ring (bicyclic) bond motifs is 6. The highest BCUT2D eigenvalue weighted by molar-refractivity contribution is 6.01. The highest BCUT2D eigenvalue weighted by atomic mass is 16.5. The SMILES string of the molecule is CC.CC.CC.CC.CC.CC.CC(C)(C)C.CC(C)(C)C.CC(C)(C)C.CC(C)(C)N1CCc2ccccc21.CC(C)(C)N1Cc2ccccc2C1=O.CC(C)(C)n1ccccc1=O.CC(C)(C)n1cnc2ccccc2c1=O.CN1C(=O)Cc2ccccc21.CN1CCOc2ccccc21.c1ccc2c(c1)CCC2. The van der Waals surface area contributed by atoms with Gasteiger partial charge < -0.3 is 28.9 Å². The number of pyridine rings is 1. The van der Waals surface area contributed by atoms with E-state index in [4.69, 9.17) is 4.74 Å². The number of aryl methyl sites for hydroxylation is 2. The number of anilines is 3. The summed E-state index contributed by atoms with van der Waals surface area (Å²) < 4.78 is 8.83. The van der Waals surface area contributed by atoms with Crippen LogP contribution in [0.5, 0.6) is 5.75 Å². The maximum absolute atomic E-state index is 12.1. The Kier molecular flexibility index (Phi) is 50.9. The van der Waals surface area contributed by atoms with Crippen LogP contribution in [0.3, 0.4) is 0 Å².